The molecule has 0 aliphatic heterocycles. The molecule has 0 saturated heterocycles. The van der Waals surface area contributed by atoms with E-state index in [4.69, 9.17) is 5.73 Å². The van der Waals surface area contributed by atoms with Crippen LogP contribution < -0.4 is 11.1 Å². The number of carbonyl (C=O) groups excluding carboxylic acids is 1. The number of nitrogens with one attached hydrogen (secondary N) is 1. The van der Waals surface area contributed by atoms with Crippen molar-refractivity contribution in [2.45, 2.75) is 6.92 Å². The second-order valence-corrected chi connectivity index (χ2v) is 6.57. The van der Waals surface area contributed by atoms with Crippen molar-refractivity contribution in [1.29, 1.82) is 0 Å². The maximum atomic E-state index is 12.3. The molecule has 0 aliphatic rings. The topological polar surface area (TPSA) is 68.0 Å². The Morgan fingerprint density at radius 2 is 2.10 bits per heavy atom. The molecule has 0 atom stereocenters. The summed E-state index contributed by atoms with van der Waals surface area (Å²) in [6.45, 7) is 1.95. The summed E-state index contributed by atoms with van der Waals surface area (Å²) >= 11 is 4.80. The van der Waals surface area contributed by atoms with Gasteiger partial charge in [-0.1, -0.05) is 23.0 Å². The number of hydrogen-bond acceptors (Lipinski definition) is 4. The molecule has 4 nitrogen and oxygen atoms in total. The molecule has 3 aromatic rings. The Labute approximate surface area is 134 Å². The number of halogens is 1. The fraction of sp³-hybridized carbons (Fsp3) is 0.0667. The summed E-state index contributed by atoms with van der Waals surface area (Å²) in [7, 11) is 0. The van der Waals surface area contributed by atoms with Gasteiger partial charge in [0.2, 0.25) is 0 Å². The highest BCUT2D eigenvalue weighted by atomic mass is 79.9. The third kappa shape index (κ3) is 2.91. The van der Waals surface area contributed by atoms with Gasteiger partial charge in [-0.25, -0.2) is 4.98 Å². The van der Waals surface area contributed by atoms with Gasteiger partial charge in [-0.2, -0.15) is 0 Å². The number of hydrogen-bond donors (Lipinski definition) is 2. The zero-order valence-electron chi connectivity index (χ0n) is 11.2. The molecule has 0 saturated carbocycles. The third-order valence-electron chi connectivity index (χ3n) is 3.00. The molecule has 6 heteroatoms. The molecule has 0 fully saturated rings. The van der Waals surface area contributed by atoms with Crippen LogP contribution in [0.2, 0.25) is 0 Å². The van der Waals surface area contributed by atoms with Gasteiger partial charge in [0, 0.05) is 10.2 Å². The summed E-state index contributed by atoms with van der Waals surface area (Å²) in [6, 6.07) is 11.1. The first-order chi connectivity index (χ1) is 10.0. The molecule has 106 valence electrons. The van der Waals surface area contributed by atoms with E-state index in [-0.39, 0.29) is 5.91 Å². The molecule has 0 aliphatic carbocycles. The van der Waals surface area contributed by atoms with Crippen LogP contribution in [0.4, 0.5) is 10.8 Å². The quantitative estimate of drug-likeness (QED) is 0.672. The molecule has 0 radical (unpaired) electrons. The van der Waals surface area contributed by atoms with Gasteiger partial charge in [0.25, 0.3) is 5.91 Å². The monoisotopic (exact) mass is 361 g/mol. The van der Waals surface area contributed by atoms with Crippen molar-refractivity contribution in [1.82, 2.24) is 4.98 Å². The predicted octanol–water partition coefficient (Wildman–Crippen LogP) is 4.20. The van der Waals surface area contributed by atoms with Crippen molar-refractivity contribution >= 4 is 54.2 Å². The lowest BCUT2D eigenvalue weighted by atomic mass is 10.1. The SMILES string of the molecule is Cc1ccc(Br)c(C(=O)Nc2nc3ccc(N)cc3s2)c1. The zero-order valence-corrected chi connectivity index (χ0v) is 13.6. The number of benzene rings is 2. The predicted molar refractivity (Wildman–Crippen MR) is 90.9 cm³/mol. The van der Waals surface area contributed by atoms with Gasteiger partial charge in [-0.05, 0) is 53.2 Å². The van der Waals surface area contributed by atoms with E-state index in [0.29, 0.717) is 16.4 Å². The van der Waals surface area contributed by atoms with Gasteiger partial charge < -0.3 is 5.73 Å². The second-order valence-electron chi connectivity index (χ2n) is 4.68. The summed E-state index contributed by atoms with van der Waals surface area (Å²) in [5.41, 5.74) is 8.88. The lowest BCUT2D eigenvalue weighted by Gasteiger charge is -2.05. The van der Waals surface area contributed by atoms with E-state index in [2.05, 4.69) is 26.2 Å². The maximum absolute atomic E-state index is 12.3. The normalized spacial score (nSPS) is 10.8. The Kier molecular flexibility index (Phi) is 3.65. The molecule has 3 rings (SSSR count). The van der Waals surface area contributed by atoms with E-state index in [9.17, 15) is 4.79 Å². The van der Waals surface area contributed by atoms with Crippen LogP contribution in [0.5, 0.6) is 0 Å². The van der Waals surface area contributed by atoms with Gasteiger partial charge in [0.15, 0.2) is 5.13 Å². The number of rotatable bonds is 2. The number of fused-ring (bicyclic) bond motifs is 1. The zero-order chi connectivity index (χ0) is 15.0. The van der Waals surface area contributed by atoms with Crippen molar-refractivity contribution in [3.05, 3.63) is 52.0 Å². The highest BCUT2D eigenvalue weighted by Gasteiger charge is 2.13. The molecule has 1 amide bonds. The molecular formula is C15H12BrN3OS. The van der Waals surface area contributed by atoms with Crippen LogP contribution in [-0.2, 0) is 0 Å². The fourth-order valence-electron chi connectivity index (χ4n) is 1.97. The first kappa shape index (κ1) is 14.0. The third-order valence-corrected chi connectivity index (χ3v) is 4.62. The molecule has 3 N–H and O–H groups in total. The van der Waals surface area contributed by atoms with Crippen LogP contribution in [0.25, 0.3) is 10.2 Å². The molecule has 21 heavy (non-hydrogen) atoms. The van der Waals surface area contributed by atoms with Crippen LogP contribution in [0, 0.1) is 6.92 Å². The van der Waals surface area contributed by atoms with E-state index in [1.54, 1.807) is 6.07 Å². The number of thiazole rings is 1. The summed E-state index contributed by atoms with van der Waals surface area (Å²) < 4.78 is 1.71. The molecular weight excluding hydrogens is 350 g/mol. The van der Waals surface area contributed by atoms with E-state index < -0.39 is 0 Å². The van der Waals surface area contributed by atoms with E-state index in [1.807, 2.05) is 37.3 Å². The largest absolute Gasteiger partial charge is 0.399 e. The lowest BCUT2D eigenvalue weighted by Crippen LogP contribution is -2.12. The highest BCUT2D eigenvalue weighted by Crippen LogP contribution is 2.28. The van der Waals surface area contributed by atoms with Crippen LogP contribution in [0.3, 0.4) is 0 Å². The Morgan fingerprint density at radius 1 is 1.29 bits per heavy atom. The number of carbonyl (C=O) groups is 1. The Balaban J connectivity index is 1.90. The fourth-order valence-corrected chi connectivity index (χ4v) is 3.31. The Morgan fingerprint density at radius 3 is 2.90 bits per heavy atom. The highest BCUT2D eigenvalue weighted by molar-refractivity contribution is 9.10. The number of aromatic nitrogens is 1. The van der Waals surface area contributed by atoms with Crippen LogP contribution in [0.1, 0.15) is 15.9 Å². The van der Waals surface area contributed by atoms with E-state index in [0.717, 1.165) is 20.3 Å². The van der Waals surface area contributed by atoms with Gasteiger partial charge >= 0.3 is 0 Å². The van der Waals surface area contributed by atoms with Gasteiger partial charge in [0.05, 0.1) is 15.8 Å². The van der Waals surface area contributed by atoms with Crippen molar-refractivity contribution < 1.29 is 4.79 Å². The number of nitrogens with zero attached hydrogens (tertiary/aromatic N) is 1. The van der Waals surface area contributed by atoms with Crippen LogP contribution in [-0.4, -0.2) is 10.9 Å². The Hall–Kier alpha value is -1.92. The van der Waals surface area contributed by atoms with Crippen LogP contribution >= 0.6 is 27.3 Å². The van der Waals surface area contributed by atoms with Gasteiger partial charge in [0.1, 0.15) is 0 Å². The average molecular weight is 362 g/mol. The number of aryl methyl sites for hydroxylation is 1. The molecule has 0 unspecified atom stereocenters. The number of nitrogen functional groups attached to an aromatic ring is 1. The Bertz CT molecular complexity index is 844. The van der Waals surface area contributed by atoms with E-state index in [1.165, 1.54) is 11.3 Å². The summed E-state index contributed by atoms with van der Waals surface area (Å²) in [5, 5.41) is 3.40. The molecule has 1 aromatic heterocycles. The summed E-state index contributed by atoms with van der Waals surface area (Å²) in [6.07, 6.45) is 0. The average Bonchev–Trinajstić information content (AvgIpc) is 2.82. The standard InChI is InChI=1S/C15H12BrN3OS/c1-8-2-4-11(16)10(6-8)14(20)19-15-18-12-5-3-9(17)7-13(12)21-15/h2-7H,17H2,1H3,(H,18,19,20). The minimum atomic E-state index is -0.183. The van der Waals surface area contributed by atoms with Crippen molar-refractivity contribution in [2.24, 2.45) is 0 Å². The van der Waals surface area contributed by atoms with Crippen molar-refractivity contribution in [3.63, 3.8) is 0 Å². The number of anilines is 2. The molecule has 2 aromatic carbocycles. The maximum Gasteiger partial charge on any atom is 0.258 e. The van der Waals surface area contributed by atoms with Gasteiger partial charge in [-0.3, -0.25) is 10.1 Å². The van der Waals surface area contributed by atoms with Gasteiger partial charge in [-0.15, -0.1) is 0 Å². The number of nitrogens with two attached hydrogens (primary N) is 1. The molecule has 1 heterocycles. The second kappa shape index (κ2) is 5.46. The summed E-state index contributed by atoms with van der Waals surface area (Å²) in [5.74, 6) is -0.183. The molecule has 0 bridgehead atoms. The van der Waals surface area contributed by atoms with E-state index >= 15 is 0 Å². The van der Waals surface area contributed by atoms with Crippen molar-refractivity contribution in [2.75, 3.05) is 11.1 Å². The number of amides is 1. The van der Waals surface area contributed by atoms with Crippen molar-refractivity contribution in [3.8, 4) is 0 Å². The molecule has 0 spiro atoms. The first-order valence-electron chi connectivity index (χ1n) is 6.26. The minimum Gasteiger partial charge on any atom is -0.399 e. The summed E-state index contributed by atoms with van der Waals surface area (Å²) in [4.78, 5) is 16.7. The first-order valence-corrected chi connectivity index (χ1v) is 7.87. The smallest absolute Gasteiger partial charge is 0.258 e. The lowest BCUT2D eigenvalue weighted by molar-refractivity contribution is 0.102. The minimum absolute atomic E-state index is 0.183. The van der Waals surface area contributed by atoms with Crippen LogP contribution in [0.15, 0.2) is 40.9 Å².